The van der Waals surface area contributed by atoms with Crippen molar-refractivity contribution < 1.29 is 53.0 Å². The van der Waals surface area contributed by atoms with Crippen LogP contribution in [0.2, 0.25) is 0 Å². The number of nitrogen functional groups attached to an aromatic ring is 1. The SMILES string of the molecule is CC(=O)Oc1ccc(C(=O)NNC(=O)CON=C(C(=O)NC2C(=O)N3CC(CSc4nnnn4C)(C(=O)O)CS[C@H]23)c2csc(N)n2)cc1OC(C)=O.Cl. The molecule has 22 nitrogen and oxygen atoms in total. The van der Waals surface area contributed by atoms with E-state index in [9.17, 15) is 38.7 Å². The van der Waals surface area contributed by atoms with Gasteiger partial charge in [0.2, 0.25) is 11.1 Å². The third kappa shape index (κ3) is 9.52. The normalized spacial score (nSPS) is 18.9. The molecule has 0 saturated carbocycles. The molecule has 4 amide bonds. The number of carbonyl (C=O) groups is 7. The number of hydrazine groups is 1. The van der Waals surface area contributed by atoms with E-state index in [1.165, 1.54) is 38.9 Å². The van der Waals surface area contributed by atoms with Gasteiger partial charge in [-0.05, 0) is 28.6 Å². The fraction of sp³-hybridized carbons (Fsp3) is 0.357. The number of β-lactam (4-membered cyclic amide) rings is 1. The number of carboxylic acids is 1. The zero-order chi connectivity index (χ0) is 38.4. The first-order valence-electron chi connectivity index (χ1n) is 15.0. The maximum absolute atomic E-state index is 13.4. The molecule has 2 aliphatic heterocycles. The molecule has 2 unspecified atom stereocenters. The molecule has 2 aliphatic rings. The van der Waals surface area contributed by atoms with E-state index in [4.69, 9.17) is 20.0 Å². The summed E-state index contributed by atoms with van der Waals surface area (Å²) in [5, 5.41) is 28.9. The number of rotatable bonds is 13. The Labute approximate surface area is 322 Å². The van der Waals surface area contributed by atoms with Gasteiger partial charge in [0.05, 0.1) is 0 Å². The molecule has 4 heterocycles. The van der Waals surface area contributed by atoms with Gasteiger partial charge in [0.25, 0.3) is 17.7 Å². The highest BCUT2D eigenvalue weighted by Gasteiger charge is 2.57. The summed E-state index contributed by atoms with van der Waals surface area (Å²) in [6.07, 6.45) is 0. The van der Waals surface area contributed by atoms with Crippen molar-refractivity contribution in [2.75, 3.05) is 30.4 Å². The summed E-state index contributed by atoms with van der Waals surface area (Å²) < 4.78 is 11.4. The molecule has 0 spiro atoms. The van der Waals surface area contributed by atoms with Crippen molar-refractivity contribution in [1.82, 2.24) is 46.3 Å². The number of hydrogen-bond donors (Lipinski definition) is 5. The molecule has 5 rings (SSSR count). The first-order chi connectivity index (χ1) is 25.2. The number of benzene rings is 1. The van der Waals surface area contributed by atoms with E-state index in [0.29, 0.717) is 5.16 Å². The Hall–Kier alpha value is -5.53. The predicted octanol–water partition coefficient (Wildman–Crippen LogP) is -1.03. The van der Waals surface area contributed by atoms with Crippen molar-refractivity contribution >= 4 is 99.6 Å². The number of aromatic nitrogens is 5. The van der Waals surface area contributed by atoms with Crippen molar-refractivity contribution in [2.45, 2.75) is 30.4 Å². The van der Waals surface area contributed by atoms with E-state index in [1.807, 2.05) is 0 Å². The highest BCUT2D eigenvalue weighted by atomic mass is 35.5. The number of anilines is 1. The molecule has 0 radical (unpaired) electrons. The van der Waals surface area contributed by atoms with E-state index < -0.39 is 70.7 Å². The number of esters is 2. The average Bonchev–Trinajstić information content (AvgIpc) is 3.73. The van der Waals surface area contributed by atoms with Crippen LogP contribution in [0.1, 0.15) is 29.9 Å². The lowest BCUT2D eigenvalue weighted by Crippen LogP contribution is -2.74. The smallest absolute Gasteiger partial charge is 0.313 e. The molecule has 1 aromatic carbocycles. The maximum Gasteiger partial charge on any atom is 0.313 e. The summed E-state index contributed by atoms with van der Waals surface area (Å²) in [4.78, 5) is 97.3. The van der Waals surface area contributed by atoms with Gasteiger partial charge in [0.15, 0.2) is 28.9 Å². The summed E-state index contributed by atoms with van der Waals surface area (Å²) in [5.74, 6) is -5.77. The van der Waals surface area contributed by atoms with Gasteiger partial charge in [-0.1, -0.05) is 16.9 Å². The second-order valence-corrected chi connectivity index (χ2v) is 14.2. The molecule has 2 aromatic heterocycles. The standard InChI is InChI=1S/C28H29N11O11S3.ClH/c1-12(40)49-16-5-4-14(6-17(16)50-13(2)41)21(43)33-32-18(42)7-48-35-19(15-8-51-26(29)30-15)22(44)31-20-23(45)39-9-28(25(46)47,10-52-24(20)39)11-53-27-34-36-37-38(27)3;/h4-6,8,20,24H,7,9-11H2,1-3H3,(H2,29,30)(H,31,44)(H,32,42)(H,33,43)(H,46,47);1H/t20?,24-,28?;/m1./s1. The van der Waals surface area contributed by atoms with Crippen molar-refractivity contribution in [1.29, 1.82) is 0 Å². The first-order valence-corrected chi connectivity index (χ1v) is 17.9. The lowest BCUT2D eigenvalue weighted by molar-refractivity contribution is -0.157. The van der Waals surface area contributed by atoms with Crippen LogP contribution in [0.5, 0.6) is 11.5 Å². The fourth-order valence-electron chi connectivity index (χ4n) is 4.78. The zero-order valence-corrected chi connectivity index (χ0v) is 31.4. The van der Waals surface area contributed by atoms with Crippen LogP contribution in [-0.4, -0.2) is 119 Å². The van der Waals surface area contributed by atoms with E-state index in [2.05, 4.69) is 41.8 Å². The molecule has 26 heteroatoms. The Kier molecular flexibility index (Phi) is 13.4. The number of thiazole rings is 1. The summed E-state index contributed by atoms with van der Waals surface area (Å²) in [6.45, 7) is 1.34. The van der Waals surface area contributed by atoms with Gasteiger partial charge in [-0.15, -0.1) is 40.6 Å². The highest BCUT2D eigenvalue weighted by Crippen LogP contribution is 2.44. The number of oxime groups is 1. The summed E-state index contributed by atoms with van der Waals surface area (Å²) in [5.41, 5.74) is 8.14. The number of amides is 4. The fourth-order valence-corrected chi connectivity index (χ4v) is 8.03. The summed E-state index contributed by atoms with van der Waals surface area (Å²) in [7, 11) is 1.62. The van der Waals surface area contributed by atoms with E-state index >= 15 is 0 Å². The molecule has 54 heavy (non-hydrogen) atoms. The number of nitrogens with zero attached hydrogens (tertiary/aromatic N) is 7. The Morgan fingerprint density at radius 2 is 1.85 bits per heavy atom. The number of thioether (sulfide) groups is 2. The number of aryl methyl sites for hydroxylation is 1. The third-order valence-corrected chi connectivity index (χ3v) is 10.9. The Morgan fingerprint density at radius 1 is 1.13 bits per heavy atom. The molecule has 2 saturated heterocycles. The summed E-state index contributed by atoms with van der Waals surface area (Å²) >= 11 is 3.33. The second kappa shape index (κ2) is 17.5. The van der Waals surface area contributed by atoms with Crippen LogP contribution in [0, 0.1) is 5.41 Å². The minimum Gasteiger partial charge on any atom is -0.481 e. The zero-order valence-electron chi connectivity index (χ0n) is 28.2. The van der Waals surface area contributed by atoms with Gasteiger partial charge < -0.3 is 35.4 Å². The second-order valence-electron chi connectivity index (χ2n) is 11.2. The number of nitrogens with one attached hydrogen (secondary N) is 3. The lowest BCUT2D eigenvalue weighted by Gasteiger charge is -2.53. The molecule has 288 valence electrons. The van der Waals surface area contributed by atoms with E-state index in [1.54, 1.807) is 7.05 Å². The minimum absolute atomic E-state index is 0. The van der Waals surface area contributed by atoms with Crippen molar-refractivity contribution in [2.24, 2.45) is 17.6 Å². The van der Waals surface area contributed by atoms with Gasteiger partial charge in [-0.2, -0.15) is 0 Å². The van der Waals surface area contributed by atoms with Gasteiger partial charge in [0.1, 0.15) is 22.5 Å². The van der Waals surface area contributed by atoms with Crippen molar-refractivity contribution in [3.8, 4) is 11.5 Å². The highest BCUT2D eigenvalue weighted by molar-refractivity contribution is 8.00. The van der Waals surface area contributed by atoms with Crippen LogP contribution in [0.25, 0.3) is 0 Å². The summed E-state index contributed by atoms with van der Waals surface area (Å²) in [6, 6.07) is 2.55. The number of carbonyl (C=O) groups excluding carboxylic acids is 6. The number of fused-ring (bicyclic) bond motifs is 1. The first kappa shape index (κ1) is 41.2. The maximum atomic E-state index is 13.4. The molecule has 2 fully saturated rings. The number of tetrazole rings is 1. The van der Waals surface area contributed by atoms with Crippen LogP contribution in [0.15, 0.2) is 33.9 Å². The molecular weight excluding hydrogens is 798 g/mol. The number of nitrogens with two attached hydrogens (primary N) is 1. The average molecular weight is 828 g/mol. The molecule has 6 N–H and O–H groups in total. The van der Waals surface area contributed by atoms with Gasteiger partial charge in [0, 0.05) is 49.9 Å². The quantitative estimate of drug-likeness (QED) is 0.0343. The van der Waals surface area contributed by atoms with Crippen LogP contribution in [0.4, 0.5) is 5.13 Å². The topological polar surface area (TPSA) is 302 Å². The monoisotopic (exact) mass is 827 g/mol. The third-order valence-electron chi connectivity index (χ3n) is 7.30. The predicted molar refractivity (Wildman–Crippen MR) is 190 cm³/mol. The number of aliphatic carboxylic acids is 1. The van der Waals surface area contributed by atoms with E-state index in [0.717, 1.165) is 43.0 Å². The van der Waals surface area contributed by atoms with Crippen LogP contribution in [-0.2, 0) is 40.7 Å². The number of halogens is 1. The number of carboxylic acid groups (broad SMARTS) is 1. The van der Waals surface area contributed by atoms with Crippen LogP contribution >= 0.6 is 47.3 Å². The Balaban J connectivity index is 0.00000650. The van der Waals surface area contributed by atoms with Gasteiger partial charge >= 0.3 is 17.9 Å². The Morgan fingerprint density at radius 3 is 2.48 bits per heavy atom. The molecule has 3 atom stereocenters. The minimum atomic E-state index is -1.30. The van der Waals surface area contributed by atoms with Gasteiger partial charge in [-0.25, -0.2) is 9.67 Å². The van der Waals surface area contributed by atoms with Gasteiger partial charge in [-0.3, -0.25) is 44.4 Å². The van der Waals surface area contributed by atoms with Crippen LogP contribution in [0.3, 0.4) is 0 Å². The lowest BCUT2D eigenvalue weighted by atomic mass is 9.89. The molecule has 0 bridgehead atoms. The van der Waals surface area contributed by atoms with Crippen LogP contribution < -0.4 is 31.4 Å². The van der Waals surface area contributed by atoms with Crippen molar-refractivity contribution in [3.05, 3.63) is 34.8 Å². The molecule has 3 aromatic rings. The number of ether oxygens (including phenoxy) is 2. The molecular formula is C28H30ClN11O11S3. The Bertz CT molecular complexity index is 2010. The largest absolute Gasteiger partial charge is 0.481 e. The van der Waals surface area contributed by atoms with Crippen molar-refractivity contribution in [3.63, 3.8) is 0 Å². The molecule has 0 aliphatic carbocycles. The number of hydrogen-bond acceptors (Lipinski definition) is 19. The van der Waals surface area contributed by atoms with E-state index in [-0.39, 0.29) is 58.3 Å².